The Hall–Kier alpha value is -2.01. The summed E-state index contributed by atoms with van der Waals surface area (Å²) in [4.78, 5) is 0. The standard InChI is InChI=1S/C15H21N3O2/c1-5-13-12(9-18(2)17-13)15(16)11-8-10(19-3)6-7-14(11)20-4/h6-9,15H,5,16H2,1-4H3. The van der Waals surface area contributed by atoms with Gasteiger partial charge in [0.25, 0.3) is 0 Å². The van der Waals surface area contributed by atoms with Crippen molar-refractivity contribution in [3.05, 3.63) is 41.2 Å². The lowest BCUT2D eigenvalue weighted by Gasteiger charge is -2.16. The molecule has 20 heavy (non-hydrogen) atoms. The highest BCUT2D eigenvalue weighted by atomic mass is 16.5. The lowest BCUT2D eigenvalue weighted by Crippen LogP contribution is -2.14. The summed E-state index contributed by atoms with van der Waals surface area (Å²) in [6, 6.07) is 5.36. The van der Waals surface area contributed by atoms with Gasteiger partial charge in [-0.1, -0.05) is 6.92 Å². The van der Waals surface area contributed by atoms with Crippen LogP contribution < -0.4 is 15.2 Å². The number of nitrogens with two attached hydrogens (primary N) is 1. The number of methoxy groups -OCH3 is 2. The molecule has 0 fully saturated rings. The molecule has 0 spiro atoms. The van der Waals surface area contributed by atoms with Crippen LogP contribution in [0.15, 0.2) is 24.4 Å². The molecule has 1 unspecified atom stereocenters. The molecule has 1 aromatic carbocycles. The van der Waals surface area contributed by atoms with Crippen LogP contribution in [0.2, 0.25) is 0 Å². The van der Waals surface area contributed by atoms with Gasteiger partial charge < -0.3 is 15.2 Å². The van der Waals surface area contributed by atoms with Gasteiger partial charge in [-0.15, -0.1) is 0 Å². The zero-order valence-electron chi connectivity index (χ0n) is 12.4. The first-order chi connectivity index (χ1) is 9.60. The Bertz CT molecular complexity index is 593. The first-order valence-electron chi connectivity index (χ1n) is 6.60. The SMILES string of the molecule is CCc1nn(C)cc1C(N)c1cc(OC)ccc1OC. The smallest absolute Gasteiger partial charge is 0.124 e. The minimum Gasteiger partial charge on any atom is -0.497 e. The van der Waals surface area contributed by atoms with Crippen molar-refractivity contribution in [1.82, 2.24) is 9.78 Å². The van der Waals surface area contributed by atoms with Crippen molar-refractivity contribution in [3.63, 3.8) is 0 Å². The van der Waals surface area contributed by atoms with Crippen LogP contribution in [0.5, 0.6) is 11.5 Å². The molecular weight excluding hydrogens is 254 g/mol. The molecule has 108 valence electrons. The molecule has 0 saturated heterocycles. The quantitative estimate of drug-likeness (QED) is 0.907. The molecule has 2 rings (SSSR count). The highest BCUT2D eigenvalue weighted by Gasteiger charge is 2.20. The van der Waals surface area contributed by atoms with Crippen LogP contribution in [-0.4, -0.2) is 24.0 Å². The minimum absolute atomic E-state index is 0.288. The van der Waals surface area contributed by atoms with Gasteiger partial charge in [0, 0.05) is 24.4 Å². The number of ether oxygens (including phenoxy) is 2. The Morgan fingerprint density at radius 1 is 1.25 bits per heavy atom. The maximum Gasteiger partial charge on any atom is 0.124 e. The van der Waals surface area contributed by atoms with E-state index in [9.17, 15) is 0 Å². The molecule has 0 amide bonds. The molecule has 5 nitrogen and oxygen atoms in total. The molecule has 0 aliphatic carbocycles. The molecule has 1 aromatic heterocycles. The van der Waals surface area contributed by atoms with Crippen molar-refractivity contribution in [2.24, 2.45) is 12.8 Å². The molecule has 0 bridgehead atoms. The lowest BCUT2D eigenvalue weighted by molar-refractivity contribution is 0.397. The number of rotatable bonds is 5. The maximum atomic E-state index is 6.42. The summed E-state index contributed by atoms with van der Waals surface area (Å²) in [6.45, 7) is 2.07. The molecule has 1 heterocycles. The van der Waals surface area contributed by atoms with Crippen molar-refractivity contribution in [1.29, 1.82) is 0 Å². The Labute approximate surface area is 119 Å². The van der Waals surface area contributed by atoms with E-state index in [1.165, 1.54) is 0 Å². The third kappa shape index (κ3) is 2.63. The average molecular weight is 275 g/mol. The third-order valence-electron chi connectivity index (χ3n) is 3.38. The van der Waals surface area contributed by atoms with E-state index in [1.54, 1.807) is 18.9 Å². The molecule has 0 aliphatic heterocycles. The normalized spacial score (nSPS) is 12.2. The van der Waals surface area contributed by atoms with Crippen LogP contribution in [0.3, 0.4) is 0 Å². The van der Waals surface area contributed by atoms with E-state index in [2.05, 4.69) is 12.0 Å². The van der Waals surface area contributed by atoms with Crippen molar-refractivity contribution < 1.29 is 9.47 Å². The topological polar surface area (TPSA) is 62.3 Å². The van der Waals surface area contributed by atoms with Gasteiger partial charge in [0.15, 0.2) is 0 Å². The van der Waals surface area contributed by atoms with E-state index in [0.29, 0.717) is 0 Å². The number of benzene rings is 1. The van der Waals surface area contributed by atoms with Crippen LogP contribution >= 0.6 is 0 Å². The summed E-state index contributed by atoms with van der Waals surface area (Å²) in [5.74, 6) is 1.52. The van der Waals surface area contributed by atoms with E-state index >= 15 is 0 Å². The van der Waals surface area contributed by atoms with E-state index in [0.717, 1.165) is 34.7 Å². The van der Waals surface area contributed by atoms with Gasteiger partial charge in [-0.3, -0.25) is 4.68 Å². The Balaban J connectivity index is 2.48. The fourth-order valence-electron chi connectivity index (χ4n) is 2.34. The van der Waals surface area contributed by atoms with Gasteiger partial charge in [-0.25, -0.2) is 0 Å². The predicted molar refractivity (Wildman–Crippen MR) is 78.2 cm³/mol. The second kappa shape index (κ2) is 5.96. The van der Waals surface area contributed by atoms with Crippen molar-refractivity contribution in [2.45, 2.75) is 19.4 Å². The minimum atomic E-state index is -0.288. The van der Waals surface area contributed by atoms with Gasteiger partial charge >= 0.3 is 0 Å². The maximum absolute atomic E-state index is 6.42. The van der Waals surface area contributed by atoms with E-state index in [4.69, 9.17) is 15.2 Å². The molecule has 0 aliphatic rings. The summed E-state index contributed by atoms with van der Waals surface area (Å²) < 4.78 is 12.5. The summed E-state index contributed by atoms with van der Waals surface area (Å²) in [5, 5.41) is 4.44. The number of nitrogens with zero attached hydrogens (tertiary/aromatic N) is 2. The second-order valence-electron chi connectivity index (χ2n) is 4.64. The van der Waals surface area contributed by atoms with Crippen molar-refractivity contribution in [2.75, 3.05) is 14.2 Å². The summed E-state index contributed by atoms with van der Waals surface area (Å²) in [7, 11) is 5.18. The fourth-order valence-corrected chi connectivity index (χ4v) is 2.34. The van der Waals surface area contributed by atoms with Crippen molar-refractivity contribution in [3.8, 4) is 11.5 Å². The molecule has 0 radical (unpaired) electrons. The Kier molecular flexibility index (Phi) is 4.29. The van der Waals surface area contributed by atoms with Crippen LogP contribution in [-0.2, 0) is 13.5 Å². The zero-order valence-corrected chi connectivity index (χ0v) is 12.4. The molecule has 5 heteroatoms. The van der Waals surface area contributed by atoms with Gasteiger partial charge in [0.2, 0.25) is 0 Å². The van der Waals surface area contributed by atoms with E-state index < -0.39 is 0 Å². The Morgan fingerprint density at radius 3 is 2.60 bits per heavy atom. The number of aromatic nitrogens is 2. The first kappa shape index (κ1) is 14.4. The molecule has 2 N–H and O–H groups in total. The molecule has 0 saturated carbocycles. The van der Waals surface area contributed by atoms with Gasteiger partial charge in [-0.2, -0.15) is 5.10 Å². The first-order valence-corrected chi connectivity index (χ1v) is 6.60. The lowest BCUT2D eigenvalue weighted by atomic mass is 9.98. The number of hydrogen-bond acceptors (Lipinski definition) is 4. The largest absolute Gasteiger partial charge is 0.497 e. The summed E-state index contributed by atoms with van der Waals surface area (Å²) in [5.41, 5.74) is 9.33. The molecule has 1 atom stereocenters. The van der Waals surface area contributed by atoms with Crippen LogP contribution in [0.1, 0.15) is 29.8 Å². The summed E-state index contributed by atoms with van der Waals surface area (Å²) >= 11 is 0. The fraction of sp³-hybridized carbons (Fsp3) is 0.400. The highest BCUT2D eigenvalue weighted by molar-refractivity contribution is 5.46. The van der Waals surface area contributed by atoms with E-state index in [-0.39, 0.29) is 6.04 Å². The third-order valence-corrected chi connectivity index (χ3v) is 3.38. The second-order valence-corrected chi connectivity index (χ2v) is 4.64. The number of hydrogen-bond donors (Lipinski definition) is 1. The van der Waals surface area contributed by atoms with E-state index in [1.807, 2.05) is 31.4 Å². The van der Waals surface area contributed by atoms with Crippen LogP contribution in [0.4, 0.5) is 0 Å². The van der Waals surface area contributed by atoms with Gasteiger partial charge in [-0.05, 0) is 24.6 Å². The molecular formula is C15H21N3O2. The average Bonchev–Trinajstić information content (AvgIpc) is 2.86. The monoisotopic (exact) mass is 275 g/mol. The molecule has 2 aromatic rings. The highest BCUT2D eigenvalue weighted by Crippen LogP contribution is 2.32. The summed E-state index contributed by atoms with van der Waals surface area (Å²) in [6.07, 6.45) is 2.80. The predicted octanol–water partition coefficient (Wildman–Crippen LogP) is 2.05. The van der Waals surface area contributed by atoms with Crippen molar-refractivity contribution >= 4 is 0 Å². The van der Waals surface area contributed by atoms with Crippen LogP contribution in [0.25, 0.3) is 0 Å². The zero-order chi connectivity index (χ0) is 14.7. The van der Waals surface area contributed by atoms with Gasteiger partial charge in [0.1, 0.15) is 11.5 Å². The van der Waals surface area contributed by atoms with Gasteiger partial charge in [0.05, 0.1) is 26.0 Å². The van der Waals surface area contributed by atoms with Crippen LogP contribution in [0, 0.1) is 0 Å². The number of aryl methyl sites for hydroxylation is 2. The Morgan fingerprint density at radius 2 is 2.00 bits per heavy atom.